The Hall–Kier alpha value is -1.19. The molecular weight excluding hydrogens is 252 g/mol. The molecule has 0 bridgehead atoms. The van der Waals surface area contributed by atoms with Crippen LogP contribution in [0.25, 0.3) is 0 Å². The molecule has 19 heavy (non-hydrogen) atoms. The highest BCUT2D eigenvalue weighted by Gasteiger charge is 2.21. The fourth-order valence-corrected chi connectivity index (χ4v) is 3.13. The van der Waals surface area contributed by atoms with Gasteiger partial charge in [-0.2, -0.15) is 0 Å². The summed E-state index contributed by atoms with van der Waals surface area (Å²) < 4.78 is 0. The lowest BCUT2D eigenvalue weighted by atomic mass is 9.81. The first-order chi connectivity index (χ1) is 8.88. The van der Waals surface area contributed by atoms with E-state index in [-0.39, 0.29) is 11.5 Å². The van der Waals surface area contributed by atoms with Crippen molar-refractivity contribution in [3.05, 3.63) is 51.5 Å². The second-order valence-corrected chi connectivity index (χ2v) is 6.97. The van der Waals surface area contributed by atoms with Gasteiger partial charge >= 0.3 is 0 Å². The maximum Gasteiger partial charge on any atom is 0.0947 e. The van der Waals surface area contributed by atoms with Crippen LogP contribution in [0.2, 0.25) is 0 Å². The van der Waals surface area contributed by atoms with Crippen LogP contribution >= 0.6 is 11.3 Å². The number of nitrogens with two attached hydrogens (primary N) is 1. The molecular formula is C16H22N2S. The molecule has 0 saturated carbocycles. The van der Waals surface area contributed by atoms with Gasteiger partial charge in [0, 0.05) is 23.5 Å². The van der Waals surface area contributed by atoms with Crippen LogP contribution in [0.5, 0.6) is 0 Å². The van der Waals surface area contributed by atoms with E-state index in [1.165, 1.54) is 11.1 Å². The number of hydrogen-bond acceptors (Lipinski definition) is 3. The molecule has 0 saturated heterocycles. The zero-order valence-corrected chi connectivity index (χ0v) is 12.9. The number of aromatic nitrogens is 1. The molecule has 0 amide bonds. The maximum absolute atomic E-state index is 6.40. The molecule has 1 atom stereocenters. The second kappa shape index (κ2) is 5.43. The Balaban J connectivity index is 2.26. The Labute approximate surface area is 119 Å². The lowest BCUT2D eigenvalue weighted by Crippen LogP contribution is -2.21. The Kier molecular flexibility index (Phi) is 4.07. The minimum Gasteiger partial charge on any atom is -0.324 e. The normalized spacial score (nSPS) is 13.5. The molecule has 0 aliphatic rings. The van der Waals surface area contributed by atoms with E-state index in [4.69, 9.17) is 5.73 Å². The second-order valence-electron chi connectivity index (χ2n) is 6.03. The molecule has 2 rings (SSSR count). The van der Waals surface area contributed by atoms with Gasteiger partial charge in [-0.3, -0.25) is 0 Å². The van der Waals surface area contributed by atoms with Gasteiger partial charge in [0.25, 0.3) is 0 Å². The summed E-state index contributed by atoms with van der Waals surface area (Å²) in [7, 11) is 0. The molecule has 0 fully saturated rings. The molecule has 0 radical (unpaired) electrons. The van der Waals surface area contributed by atoms with Crippen molar-refractivity contribution in [2.45, 2.75) is 45.6 Å². The number of benzene rings is 1. The summed E-state index contributed by atoms with van der Waals surface area (Å²) in [6.45, 7) is 8.71. The van der Waals surface area contributed by atoms with E-state index in [0.29, 0.717) is 0 Å². The van der Waals surface area contributed by atoms with Gasteiger partial charge in [0.15, 0.2) is 0 Å². The van der Waals surface area contributed by atoms with Crippen molar-refractivity contribution in [1.29, 1.82) is 0 Å². The highest BCUT2D eigenvalue weighted by atomic mass is 32.1. The maximum atomic E-state index is 6.40. The van der Waals surface area contributed by atoms with E-state index in [1.54, 1.807) is 11.3 Å². The van der Waals surface area contributed by atoms with Gasteiger partial charge < -0.3 is 5.73 Å². The molecule has 1 heterocycles. The van der Waals surface area contributed by atoms with Crippen molar-refractivity contribution in [3.63, 3.8) is 0 Å². The largest absolute Gasteiger partial charge is 0.324 e. The van der Waals surface area contributed by atoms with Crippen LogP contribution in [0.4, 0.5) is 0 Å². The molecule has 3 heteroatoms. The van der Waals surface area contributed by atoms with Gasteiger partial charge in [-0.1, -0.05) is 45.0 Å². The molecule has 0 aliphatic carbocycles. The summed E-state index contributed by atoms with van der Waals surface area (Å²) in [5.74, 6) is 0. The van der Waals surface area contributed by atoms with E-state index < -0.39 is 0 Å². The van der Waals surface area contributed by atoms with Gasteiger partial charge in [-0.15, -0.1) is 11.3 Å². The van der Waals surface area contributed by atoms with Crippen molar-refractivity contribution in [2.75, 3.05) is 0 Å². The average molecular weight is 274 g/mol. The summed E-state index contributed by atoms with van der Waals surface area (Å²) in [5.41, 5.74) is 10.2. The minimum absolute atomic E-state index is 0.0148. The summed E-state index contributed by atoms with van der Waals surface area (Å²) in [6.07, 6.45) is 0.811. The van der Waals surface area contributed by atoms with Crippen LogP contribution in [-0.2, 0) is 11.8 Å². The molecule has 2 nitrogen and oxygen atoms in total. The van der Waals surface area contributed by atoms with Gasteiger partial charge in [0.2, 0.25) is 0 Å². The van der Waals surface area contributed by atoms with Gasteiger partial charge in [-0.05, 0) is 23.5 Å². The molecule has 0 spiro atoms. The smallest absolute Gasteiger partial charge is 0.0947 e. The molecule has 2 N–H and O–H groups in total. The molecule has 2 aromatic rings. The number of rotatable bonds is 3. The summed E-state index contributed by atoms with van der Waals surface area (Å²) in [5, 5.41) is 3.20. The lowest BCUT2D eigenvalue weighted by molar-refractivity contribution is 0.568. The van der Waals surface area contributed by atoms with Crippen LogP contribution in [0, 0.1) is 6.92 Å². The lowest BCUT2D eigenvalue weighted by Gasteiger charge is -2.25. The number of aryl methyl sites for hydroxylation is 1. The van der Waals surface area contributed by atoms with Gasteiger partial charge in [0.1, 0.15) is 0 Å². The van der Waals surface area contributed by atoms with Gasteiger partial charge in [-0.25, -0.2) is 4.98 Å². The van der Waals surface area contributed by atoms with Crippen LogP contribution in [0.1, 0.15) is 48.6 Å². The summed E-state index contributed by atoms with van der Waals surface area (Å²) in [4.78, 5) is 4.51. The van der Waals surface area contributed by atoms with Crippen molar-refractivity contribution in [3.8, 4) is 0 Å². The predicted molar refractivity (Wildman–Crippen MR) is 82.6 cm³/mol. The minimum atomic E-state index is 0.0148. The predicted octanol–water partition coefficient (Wildman–Crippen LogP) is 3.99. The van der Waals surface area contributed by atoms with Crippen molar-refractivity contribution in [1.82, 2.24) is 4.98 Å². The Morgan fingerprint density at radius 3 is 2.53 bits per heavy atom. The van der Waals surface area contributed by atoms with E-state index in [9.17, 15) is 0 Å². The van der Waals surface area contributed by atoms with Crippen molar-refractivity contribution in [2.24, 2.45) is 5.73 Å². The van der Waals surface area contributed by atoms with E-state index in [2.05, 4.69) is 55.4 Å². The molecule has 0 aliphatic heterocycles. The van der Waals surface area contributed by atoms with Crippen molar-refractivity contribution < 1.29 is 0 Å². The zero-order valence-electron chi connectivity index (χ0n) is 12.1. The first-order valence-electron chi connectivity index (χ1n) is 6.64. The number of nitrogens with zero attached hydrogens (tertiary/aromatic N) is 1. The van der Waals surface area contributed by atoms with Gasteiger partial charge in [0.05, 0.1) is 5.01 Å². The number of hydrogen-bond donors (Lipinski definition) is 1. The number of thiazole rings is 1. The zero-order chi connectivity index (χ0) is 14.0. The molecule has 1 aromatic carbocycles. The highest BCUT2D eigenvalue weighted by molar-refractivity contribution is 7.09. The third kappa shape index (κ3) is 3.43. The molecule has 1 unspecified atom stereocenters. The monoisotopic (exact) mass is 274 g/mol. The van der Waals surface area contributed by atoms with Crippen LogP contribution in [0.3, 0.4) is 0 Å². The van der Waals surface area contributed by atoms with E-state index >= 15 is 0 Å². The quantitative estimate of drug-likeness (QED) is 0.919. The first-order valence-corrected chi connectivity index (χ1v) is 7.52. The van der Waals surface area contributed by atoms with Crippen LogP contribution in [-0.4, -0.2) is 4.98 Å². The third-order valence-electron chi connectivity index (χ3n) is 3.23. The SMILES string of the molecule is Cc1csc(CC(N)c2ccccc2C(C)(C)C)n1. The topological polar surface area (TPSA) is 38.9 Å². The summed E-state index contributed by atoms with van der Waals surface area (Å²) in [6, 6.07) is 8.50. The Morgan fingerprint density at radius 1 is 1.26 bits per heavy atom. The summed E-state index contributed by atoms with van der Waals surface area (Å²) >= 11 is 1.69. The Bertz CT molecular complexity index is 552. The fraction of sp³-hybridized carbons (Fsp3) is 0.438. The standard InChI is InChI=1S/C16H22N2S/c1-11-10-19-15(18-11)9-14(17)12-7-5-6-8-13(12)16(2,3)4/h5-8,10,14H,9,17H2,1-4H3. The fourth-order valence-electron chi connectivity index (χ4n) is 2.30. The Morgan fingerprint density at radius 2 is 1.95 bits per heavy atom. The third-order valence-corrected chi connectivity index (χ3v) is 4.22. The average Bonchev–Trinajstić information content (AvgIpc) is 2.73. The van der Waals surface area contributed by atoms with Crippen LogP contribution < -0.4 is 5.73 Å². The first kappa shape index (κ1) is 14.2. The molecule has 102 valence electrons. The van der Waals surface area contributed by atoms with E-state index in [1.807, 2.05) is 6.92 Å². The van der Waals surface area contributed by atoms with E-state index in [0.717, 1.165) is 17.1 Å². The highest BCUT2D eigenvalue weighted by Crippen LogP contribution is 2.30. The molecule has 1 aromatic heterocycles. The van der Waals surface area contributed by atoms with Crippen LogP contribution in [0.15, 0.2) is 29.6 Å². The van der Waals surface area contributed by atoms with Crippen molar-refractivity contribution >= 4 is 11.3 Å².